The van der Waals surface area contributed by atoms with Gasteiger partial charge in [-0.2, -0.15) is 5.10 Å². The number of pyridine rings is 1. The van der Waals surface area contributed by atoms with Crippen LogP contribution < -0.4 is 5.43 Å². The van der Waals surface area contributed by atoms with Crippen LogP contribution in [0.3, 0.4) is 0 Å². The quantitative estimate of drug-likeness (QED) is 0.593. The van der Waals surface area contributed by atoms with Gasteiger partial charge in [0.1, 0.15) is 0 Å². The average molecular weight is 290 g/mol. The van der Waals surface area contributed by atoms with E-state index in [2.05, 4.69) is 15.5 Å². The van der Waals surface area contributed by atoms with Gasteiger partial charge in [-0.1, -0.05) is 6.07 Å². The summed E-state index contributed by atoms with van der Waals surface area (Å²) in [4.78, 5) is 16.0. The minimum absolute atomic E-state index is 0.251. The van der Waals surface area contributed by atoms with Gasteiger partial charge in [0.05, 0.1) is 6.21 Å². The van der Waals surface area contributed by atoms with Crippen molar-refractivity contribution in [3.05, 3.63) is 84.4 Å². The molecule has 1 amide bonds. The maximum Gasteiger partial charge on any atom is 0.271 e. The molecule has 0 aliphatic carbocycles. The molecular weight excluding hydrogens is 276 g/mol. The Morgan fingerprint density at radius 2 is 1.86 bits per heavy atom. The third-order valence-corrected chi connectivity index (χ3v) is 3.10. The summed E-state index contributed by atoms with van der Waals surface area (Å²) < 4.78 is 1.97. The van der Waals surface area contributed by atoms with Crippen LogP contribution in [0.1, 0.15) is 15.9 Å². The summed E-state index contributed by atoms with van der Waals surface area (Å²) in [6.45, 7) is 0. The predicted molar refractivity (Wildman–Crippen MR) is 85.1 cm³/mol. The van der Waals surface area contributed by atoms with Crippen molar-refractivity contribution >= 4 is 12.1 Å². The summed E-state index contributed by atoms with van der Waals surface area (Å²) in [5.74, 6) is -0.251. The summed E-state index contributed by atoms with van der Waals surface area (Å²) in [5, 5.41) is 3.92. The molecule has 2 heterocycles. The zero-order chi connectivity index (χ0) is 15.2. The van der Waals surface area contributed by atoms with E-state index >= 15 is 0 Å². The third kappa shape index (κ3) is 3.27. The van der Waals surface area contributed by atoms with Gasteiger partial charge in [-0.05, 0) is 42.5 Å². The number of nitrogens with one attached hydrogen (secondary N) is 1. The van der Waals surface area contributed by atoms with Gasteiger partial charge < -0.3 is 4.57 Å². The Morgan fingerprint density at radius 3 is 2.55 bits per heavy atom. The molecule has 0 atom stereocenters. The lowest BCUT2D eigenvalue weighted by Gasteiger charge is -2.04. The fraction of sp³-hybridized carbons (Fsp3) is 0. The van der Waals surface area contributed by atoms with Crippen LogP contribution in [0.15, 0.2) is 78.4 Å². The van der Waals surface area contributed by atoms with Crippen molar-refractivity contribution in [1.29, 1.82) is 0 Å². The monoisotopic (exact) mass is 290 g/mol. The van der Waals surface area contributed by atoms with Crippen molar-refractivity contribution in [2.75, 3.05) is 0 Å². The van der Waals surface area contributed by atoms with Crippen molar-refractivity contribution < 1.29 is 4.79 Å². The van der Waals surface area contributed by atoms with E-state index in [1.54, 1.807) is 30.7 Å². The molecule has 0 aliphatic rings. The molecular formula is C17H14N4O. The molecule has 0 aliphatic heterocycles. The lowest BCUT2D eigenvalue weighted by molar-refractivity contribution is 0.0955. The third-order valence-electron chi connectivity index (χ3n) is 3.10. The van der Waals surface area contributed by atoms with Crippen LogP contribution in [0, 0.1) is 0 Å². The maximum atomic E-state index is 12.0. The first-order valence-electron chi connectivity index (χ1n) is 6.80. The minimum Gasteiger partial charge on any atom is -0.324 e. The molecule has 0 radical (unpaired) electrons. The van der Waals surface area contributed by atoms with Crippen molar-refractivity contribution in [1.82, 2.24) is 15.0 Å². The van der Waals surface area contributed by atoms with Crippen molar-refractivity contribution in [3.8, 4) is 5.69 Å². The SMILES string of the molecule is O=C(NN=Cc1cccnc1)c1ccc(-n2cccc2)cc1. The normalized spacial score (nSPS) is 10.7. The molecule has 0 saturated heterocycles. The van der Waals surface area contributed by atoms with Gasteiger partial charge >= 0.3 is 0 Å². The zero-order valence-corrected chi connectivity index (χ0v) is 11.8. The molecule has 0 spiro atoms. The number of carbonyl (C=O) groups excluding carboxylic acids is 1. The van der Waals surface area contributed by atoms with Gasteiger partial charge in [0, 0.05) is 41.6 Å². The Balaban J connectivity index is 1.64. The largest absolute Gasteiger partial charge is 0.324 e. The zero-order valence-electron chi connectivity index (χ0n) is 11.8. The molecule has 5 heteroatoms. The molecule has 3 aromatic rings. The van der Waals surface area contributed by atoms with Gasteiger partial charge in [-0.3, -0.25) is 9.78 Å². The van der Waals surface area contributed by atoms with E-state index in [0.29, 0.717) is 5.56 Å². The molecule has 5 nitrogen and oxygen atoms in total. The smallest absolute Gasteiger partial charge is 0.271 e. The second kappa shape index (κ2) is 6.49. The van der Waals surface area contributed by atoms with Gasteiger partial charge in [0.2, 0.25) is 0 Å². The Labute approximate surface area is 127 Å². The van der Waals surface area contributed by atoms with Crippen molar-refractivity contribution in [3.63, 3.8) is 0 Å². The highest BCUT2D eigenvalue weighted by Gasteiger charge is 2.04. The first-order chi connectivity index (χ1) is 10.8. The Morgan fingerprint density at radius 1 is 1.09 bits per heavy atom. The number of aromatic nitrogens is 2. The van der Waals surface area contributed by atoms with Gasteiger partial charge in [0.25, 0.3) is 5.91 Å². The standard InChI is InChI=1S/C17H14N4O/c22-17(20-19-13-14-4-3-9-18-12-14)15-5-7-16(8-6-15)21-10-1-2-11-21/h1-13H,(H,20,22). The van der Waals surface area contributed by atoms with Crippen molar-refractivity contribution in [2.24, 2.45) is 5.10 Å². The summed E-state index contributed by atoms with van der Waals surface area (Å²) in [6, 6.07) is 14.9. The highest BCUT2D eigenvalue weighted by molar-refractivity contribution is 5.95. The number of nitrogens with zero attached hydrogens (tertiary/aromatic N) is 3. The molecule has 0 saturated carbocycles. The molecule has 3 rings (SSSR count). The Bertz CT molecular complexity index is 762. The lowest BCUT2D eigenvalue weighted by Crippen LogP contribution is -2.17. The van der Waals surface area contributed by atoms with E-state index in [1.165, 1.54) is 0 Å². The highest BCUT2D eigenvalue weighted by Crippen LogP contribution is 2.09. The first-order valence-corrected chi connectivity index (χ1v) is 6.80. The molecule has 1 aromatic carbocycles. The number of benzene rings is 1. The van der Waals surface area contributed by atoms with Crippen LogP contribution in [-0.2, 0) is 0 Å². The minimum atomic E-state index is -0.251. The van der Waals surface area contributed by atoms with Crippen LogP contribution in [-0.4, -0.2) is 21.7 Å². The van der Waals surface area contributed by atoms with Crippen LogP contribution >= 0.6 is 0 Å². The summed E-state index contributed by atoms with van der Waals surface area (Å²) in [5.41, 5.74) is 4.88. The second-order valence-corrected chi connectivity index (χ2v) is 4.62. The van der Waals surface area contributed by atoms with E-state index < -0.39 is 0 Å². The molecule has 2 aromatic heterocycles. The van der Waals surface area contributed by atoms with E-state index in [4.69, 9.17) is 0 Å². The molecule has 0 unspecified atom stereocenters. The van der Waals surface area contributed by atoms with Crippen LogP contribution in [0.25, 0.3) is 5.69 Å². The molecule has 108 valence electrons. The average Bonchev–Trinajstić information content (AvgIpc) is 3.10. The number of carbonyl (C=O) groups is 1. The Kier molecular flexibility index (Phi) is 4.06. The number of hydrazone groups is 1. The van der Waals surface area contributed by atoms with Crippen LogP contribution in [0.2, 0.25) is 0 Å². The molecule has 0 fully saturated rings. The van der Waals surface area contributed by atoms with E-state index in [1.807, 2.05) is 53.4 Å². The van der Waals surface area contributed by atoms with E-state index in [-0.39, 0.29) is 5.91 Å². The van der Waals surface area contributed by atoms with Crippen molar-refractivity contribution in [2.45, 2.75) is 0 Å². The van der Waals surface area contributed by atoms with Gasteiger partial charge in [-0.15, -0.1) is 0 Å². The number of amides is 1. The van der Waals surface area contributed by atoms with Crippen LogP contribution in [0.4, 0.5) is 0 Å². The molecule has 22 heavy (non-hydrogen) atoms. The number of hydrogen-bond acceptors (Lipinski definition) is 3. The first kappa shape index (κ1) is 13.8. The second-order valence-electron chi connectivity index (χ2n) is 4.62. The lowest BCUT2D eigenvalue weighted by atomic mass is 10.2. The predicted octanol–water partition coefficient (Wildman–Crippen LogP) is 2.64. The summed E-state index contributed by atoms with van der Waals surface area (Å²) in [6.07, 6.45) is 8.81. The topological polar surface area (TPSA) is 59.3 Å². The number of hydrogen-bond donors (Lipinski definition) is 1. The van der Waals surface area contributed by atoms with E-state index in [0.717, 1.165) is 11.3 Å². The van der Waals surface area contributed by atoms with Gasteiger partial charge in [-0.25, -0.2) is 5.43 Å². The fourth-order valence-corrected chi connectivity index (χ4v) is 1.97. The molecule has 0 bridgehead atoms. The fourth-order valence-electron chi connectivity index (χ4n) is 1.97. The molecule has 1 N–H and O–H groups in total. The summed E-state index contributed by atoms with van der Waals surface area (Å²) in [7, 11) is 0. The number of rotatable bonds is 4. The summed E-state index contributed by atoms with van der Waals surface area (Å²) >= 11 is 0. The van der Waals surface area contributed by atoms with E-state index in [9.17, 15) is 4.79 Å². The van der Waals surface area contributed by atoms with Crippen LogP contribution in [0.5, 0.6) is 0 Å². The van der Waals surface area contributed by atoms with Gasteiger partial charge in [0.15, 0.2) is 0 Å². The highest BCUT2D eigenvalue weighted by atomic mass is 16.2. The maximum absolute atomic E-state index is 12.0. The Hall–Kier alpha value is -3.21.